The fourth-order valence-electron chi connectivity index (χ4n) is 3.94. The predicted molar refractivity (Wildman–Crippen MR) is 92.6 cm³/mol. The second-order valence-electron chi connectivity index (χ2n) is 6.81. The van der Waals surface area contributed by atoms with Gasteiger partial charge >= 0.3 is 0 Å². The molecule has 3 nitrogen and oxygen atoms in total. The van der Waals surface area contributed by atoms with Crippen molar-refractivity contribution in [3.63, 3.8) is 0 Å². The average Bonchev–Trinajstić information content (AvgIpc) is 2.75. The molecule has 21 heavy (non-hydrogen) atoms. The highest BCUT2D eigenvalue weighted by Gasteiger charge is 2.46. The van der Waals surface area contributed by atoms with Crippen molar-refractivity contribution in [1.29, 1.82) is 0 Å². The monoisotopic (exact) mass is 349 g/mol. The van der Waals surface area contributed by atoms with Gasteiger partial charge in [-0.3, -0.25) is 4.99 Å². The predicted octanol–water partition coefficient (Wildman–Crippen LogP) is 4.17. The van der Waals surface area contributed by atoms with E-state index in [1.807, 2.05) is 0 Å². The summed E-state index contributed by atoms with van der Waals surface area (Å²) in [7, 11) is 0. The van der Waals surface area contributed by atoms with Crippen LogP contribution in [-0.4, -0.2) is 18.0 Å². The molecule has 1 heterocycles. The van der Waals surface area contributed by atoms with Gasteiger partial charge in [0, 0.05) is 10.2 Å². The number of halogens is 1. The van der Waals surface area contributed by atoms with Gasteiger partial charge in [0.1, 0.15) is 0 Å². The molecule has 1 aromatic rings. The third-order valence-electron chi connectivity index (χ3n) is 5.11. The highest BCUT2D eigenvalue weighted by molar-refractivity contribution is 9.10. The molecule has 1 aromatic carbocycles. The van der Waals surface area contributed by atoms with E-state index >= 15 is 0 Å². The molecule has 0 bridgehead atoms. The lowest BCUT2D eigenvalue weighted by Crippen LogP contribution is -2.54. The molecule has 2 N–H and O–H groups in total. The van der Waals surface area contributed by atoms with E-state index in [9.17, 15) is 0 Å². The standard InChI is InChI=1S/C17H24BrN3/c1-12(2)13-5-4-8-17(10-13)11-20-16(19)21(17)15-7-3-6-14(18)9-15/h3,6-7,9,12-13H,4-5,8,10-11H2,1-2H3,(H2,19,20). The molecule has 0 amide bonds. The SMILES string of the molecule is CC(C)C1CCCC2(CN=C(N)N2c2cccc(Br)c2)C1. The van der Waals surface area contributed by atoms with Crippen LogP contribution in [0.25, 0.3) is 0 Å². The fourth-order valence-corrected chi connectivity index (χ4v) is 4.32. The molecule has 1 fully saturated rings. The molecule has 4 heteroatoms. The number of rotatable bonds is 2. The summed E-state index contributed by atoms with van der Waals surface area (Å²) in [6, 6.07) is 8.41. The zero-order valence-corrected chi connectivity index (χ0v) is 14.4. The molecule has 114 valence electrons. The van der Waals surface area contributed by atoms with Crippen LogP contribution in [0.3, 0.4) is 0 Å². The lowest BCUT2D eigenvalue weighted by atomic mass is 9.71. The third-order valence-corrected chi connectivity index (χ3v) is 5.60. The lowest BCUT2D eigenvalue weighted by Gasteiger charge is -2.45. The number of anilines is 1. The maximum atomic E-state index is 6.25. The van der Waals surface area contributed by atoms with Crippen LogP contribution in [-0.2, 0) is 0 Å². The Bertz CT molecular complexity index is 555. The van der Waals surface area contributed by atoms with E-state index < -0.39 is 0 Å². The maximum absolute atomic E-state index is 6.25. The van der Waals surface area contributed by atoms with E-state index in [0.717, 1.165) is 28.5 Å². The number of guanidine groups is 1. The highest BCUT2D eigenvalue weighted by Crippen LogP contribution is 2.44. The molecule has 1 spiro atoms. The van der Waals surface area contributed by atoms with E-state index in [1.165, 1.54) is 25.7 Å². The Kier molecular flexibility index (Phi) is 4.00. The Hall–Kier alpha value is -1.03. The minimum absolute atomic E-state index is 0.0953. The van der Waals surface area contributed by atoms with E-state index in [-0.39, 0.29) is 5.54 Å². The molecule has 1 saturated carbocycles. The van der Waals surface area contributed by atoms with Crippen molar-refractivity contribution in [2.75, 3.05) is 11.4 Å². The van der Waals surface area contributed by atoms with Crippen molar-refractivity contribution in [2.24, 2.45) is 22.6 Å². The van der Waals surface area contributed by atoms with Gasteiger partial charge in [0.05, 0.1) is 12.1 Å². The number of hydrogen-bond acceptors (Lipinski definition) is 3. The number of benzene rings is 1. The number of nitrogens with two attached hydrogens (primary N) is 1. The summed E-state index contributed by atoms with van der Waals surface area (Å²) in [4.78, 5) is 6.90. The minimum Gasteiger partial charge on any atom is -0.369 e. The lowest BCUT2D eigenvalue weighted by molar-refractivity contribution is 0.195. The summed E-state index contributed by atoms with van der Waals surface area (Å²) in [6.07, 6.45) is 5.00. The molecular weight excluding hydrogens is 326 g/mol. The Labute approximate surface area is 135 Å². The molecule has 0 radical (unpaired) electrons. The summed E-state index contributed by atoms with van der Waals surface area (Å²) in [5.41, 5.74) is 7.50. The van der Waals surface area contributed by atoms with Crippen molar-refractivity contribution in [3.8, 4) is 0 Å². The van der Waals surface area contributed by atoms with Crippen LogP contribution >= 0.6 is 15.9 Å². The second kappa shape index (κ2) is 5.64. The molecule has 1 aliphatic carbocycles. The molecule has 0 aromatic heterocycles. The van der Waals surface area contributed by atoms with E-state index in [2.05, 4.69) is 63.9 Å². The Balaban J connectivity index is 1.94. The van der Waals surface area contributed by atoms with Crippen molar-refractivity contribution >= 4 is 27.6 Å². The van der Waals surface area contributed by atoms with Gasteiger partial charge in [0.25, 0.3) is 0 Å². The third kappa shape index (κ3) is 2.70. The number of aliphatic imine (C=N–C) groups is 1. The normalized spacial score (nSPS) is 29.2. The zero-order chi connectivity index (χ0) is 15.0. The topological polar surface area (TPSA) is 41.6 Å². The Morgan fingerprint density at radius 3 is 2.95 bits per heavy atom. The van der Waals surface area contributed by atoms with Crippen LogP contribution in [0.1, 0.15) is 39.5 Å². The quantitative estimate of drug-likeness (QED) is 0.870. The molecule has 2 aliphatic rings. The van der Waals surface area contributed by atoms with Gasteiger partial charge in [0.15, 0.2) is 5.96 Å². The van der Waals surface area contributed by atoms with Gasteiger partial charge in [0.2, 0.25) is 0 Å². The first-order valence-electron chi connectivity index (χ1n) is 7.87. The first kappa shape index (κ1) is 14.9. The second-order valence-corrected chi connectivity index (χ2v) is 7.73. The average molecular weight is 350 g/mol. The van der Waals surface area contributed by atoms with Gasteiger partial charge in [-0.2, -0.15) is 0 Å². The summed E-state index contributed by atoms with van der Waals surface area (Å²) in [5.74, 6) is 2.18. The first-order chi connectivity index (χ1) is 10.0. The van der Waals surface area contributed by atoms with Gasteiger partial charge in [-0.15, -0.1) is 0 Å². The van der Waals surface area contributed by atoms with Crippen LogP contribution < -0.4 is 10.6 Å². The van der Waals surface area contributed by atoms with Crippen molar-refractivity contribution in [1.82, 2.24) is 0 Å². The van der Waals surface area contributed by atoms with Gasteiger partial charge < -0.3 is 10.6 Å². The van der Waals surface area contributed by atoms with Crippen molar-refractivity contribution in [2.45, 2.75) is 45.1 Å². The van der Waals surface area contributed by atoms with Crippen molar-refractivity contribution in [3.05, 3.63) is 28.7 Å². The van der Waals surface area contributed by atoms with Crippen LogP contribution in [0.5, 0.6) is 0 Å². The first-order valence-corrected chi connectivity index (χ1v) is 8.67. The highest BCUT2D eigenvalue weighted by atomic mass is 79.9. The molecule has 3 rings (SSSR count). The summed E-state index contributed by atoms with van der Waals surface area (Å²) >= 11 is 3.57. The Morgan fingerprint density at radius 2 is 2.24 bits per heavy atom. The summed E-state index contributed by atoms with van der Waals surface area (Å²) < 4.78 is 1.09. The molecule has 0 saturated heterocycles. The van der Waals surface area contributed by atoms with Gasteiger partial charge in [-0.05, 0) is 42.9 Å². The largest absolute Gasteiger partial charge is 0.369 e. The van der Waals surface area contributed by atoms with Crippen LogP contribution in [0.4, 0.5) is 5.69 Å². The number of hydrogen-bond donors (Lipinski definition) is 1. The molecular formula is C17H24BrN3. The Morgan fingerprint density at radius 1 is 1.43 bits per heavy atom. The van der Waals surface area contributed by atoms with Gasteiger partial charge in [-0.25, -0.2) is 0 Å². The smallest absolute Gasteiger partial charge is 0.196 e. The maximum Gasteiger partial charge on any atom is 0.196 e. The van der Waals surface area contributed by atoms with E-state index in [1.54, 1.807) is 0 Å². The minimum atomic E-state index is 0.0953. The summed E-state index contributed by atoms with van der Waals surface area (Å²) in [5, 5.41) is 0. The molecule has 2 unspecified atom stereocenters. The van der Waals surface area contributed by atoms with Gasteiger partial charge in [-0.1, -0.05) is 48.7 Å². The molecule has 1 aliphatic heterocycles. The fraction of sp³-hybridized carbons (Fsp3) is 0.588. The molecule has 2 atom stereocenters. The van der Waals surface area contributed by atoms with E-state index in [4.69, 9.17) is 5.73 Å². The zero-order valence-electron chi connectivity index (χ0n) is 12.8. The summed E-state index contributed by atoms with van der Waals surface area (Å²) in [6.45, 7) is 5.52. The van der Waals surface area contributed by atoms with Crippen LogP contribution in [0, 0.1) is 11.8 Å². The van der Waals surface area contributed by atoms with Crippen LogP contribution in [0.15, 0.2) is 33.7 Å². The van der Waals surface area contributed by atoms with E-state index in [0.29, 0.717) is 5.96 Å². The number of nitrogens with zero attached hydrogens (tertiary/aromatic N) is 2. The van der Waals surface area contributed by atoms with Crippen molar-refractivity contribution < 1.29 is 0 Å². The van der Waals surface area contributed by atoms with Crippen LogP contribution in [0.2, 0.25) is 0 Å².